The van der Waals surface area contributed by atoms with Crippen molar-refractivity contribution in [1.29, 1.82) is 0 Å². The molecular formula is C17H25F5N2O4Si. The van der Waals surface area contributed by atoms with Crippen LogP contribution in [0.3, 0.4) is 0 Å². The molecule has 0 saturated heterocycles. The van der Waals surface area contributed by atoms with Gasteiger partial charge in [0.15, 0.2) is 23.3 Å². The summed E-state index contributed by atoms with van der Waals surface area (Å²) in [7, 11) is -3.36. The zero-order chi connectivity index (χ0) is 22.0. The topological polar surface area (TPSA) is 68.8 Å². The lowest BCUT2D eigenvalue weighted by molar-refractivity contribution is 0.0588. The average Bonchev–Trinajstić information content (AvgIpc) is 2.72. The molecule has 0 aliphatic heterocycles. The lowest BCUT2D eigenvalue weighted by Gasteiger charge is -2.29. The molecule has 0 unspecified atom stereocenters. The van der Waals surface area contributed by atoms with E-state index in [1.54, 1.807) is 5.32 Å². The van der Waals surface area contributed by atoms with Crippen molar-refractivity contribution in [1.82, 2.24) is 5.32 Å². The fourth-order valence-corrected chi connectivity index (χ4v) is 4.59. The van der Waals surface area contributed by atoms with Crippen molar-refractivity contribution in [3.8, 4) is 0 Å². The van der Waals surface area contributed by atoms with Crippen molar-refractivity contribution in [2.75, 3.05) is 31.3 Å². The Morgan fingerprint density at radius 2 is 1.14 bits per heavy atom. The number of carbonyl (C=O) groups is 1. The maximum atomic E-state index is 13.7. The van der Waals surface area contributed by atoms with Gasteiger partial charge < -0.3 is 23.9 Å². The highest BCUT2D eigenvalue weighted by molar-refractivity contribution is 6.61. The molecule has 166 valence electrons. The average molecular weight is 444 g/mol. The van der Waals surface area contributed by atoms with Crippen LogP contribution in [0.1, 0.15) is 40.0 Å². The highest BCUT2D eigenvalue weighted by atomic mass is 28.4. The molecule has 1 aromatic rings. The Morgan fingerprint density at radius 3 is 1.52 bits per heavy atom. The van der Waals surface area contributed by atoms with Crippen LogP contribution in [-0.4, -0.2) is 40.8 Å². The molecule has 0 aromatic heterocycles. The lowest BCUT2D eigenvalue weighted by Crippen LogP contribution is -2.56. The number of benzene rings is 1. The molecule has 6 nitrogen and oxygen atoms in total. The Hall–Kier alpha value is -1.76. The summed E-state index contributed by atoms with van der Waals surface area (Å²) in [5, 5.41) is 3.91. The summed E-state index contributed by atoms with van der Waals surface area (Å²) in [5.74, 6) is -10.9. The lowest BCUT2D eigenvalue weighted by atomic mass is 10.2. The van der Waals surface area contributed by atoms with E-state index in [9.17, 15) is 26.7 Å². The maximum Gasteiger partial charge on any atom is 0.521 e. The van der Waals surface area contributed by atoms with Gasteiger partial charge in [0.2, 0.25) is 5.82 Å². The van der Waals surface area contributed by atoms with Crippen molar-refractivity contribution in [2.45, 2.75) is 40.0 Å². The number of urea groups is 1. The standard InChI is InChI=1S/C17H25F5N2O4Si/c1-4-7-26-29(27-8-5-2,28-9-6-3)10-23-17(25)24-16-14(21)12(19)11(18)13(20)15(16)22/h4-10H2,1-3H3,(H2,23,24,25). The first kappa shape index (κ1) is 25.3. The van der Waals surface area contributed by atoms with Gasteiger partial charge in [-0.3, -0.25) is 0 Å². The summed E-state index contributed by atoms with van der Waals surface area (Å²) in [6, 6.07) is -1.20. The highest BCUT2D eigenvalue weighted by Gasteiger charge is 2.42. The van der Waals surface area contributed by atoms with Crippen molar-refractivity contribution in [3.05, 3.63) is 29.1 Å². The van der Waals surface area contributed by atoms with Gasteiger partial charge >= 0.3 is 14.8 Å². The molecule has 12 heteroatoms. The molecule has 0 bridgehead atoms. The van der Waals surface area contributed by atoms with Crippen LogP contribution in [0.25, 0.3) is 0 Å². The Bertz CT molecular complexity index is 645. The van der Waals surface area contributed by atoms with Gasteiger partial charge in [0.05, 0.1) is 6.17 Å². The third kappa shape index (κ3) is 6.91. The number of anilines is 1. The van der Waals surface area contributed by atoms with Crippen LogP contribution >= 0.6 is 0 Å². The summed E-state index contributed by atoms with van der Waals surface area (Å²) in [6.45, 7) is 6.47. The Kier molecular flexibility index (Phi) is 10.5. The van der Waals surface area contributed by atoms with Crippen LogP contribution in [0, 0.1) is 29.1 Å². The molecule has 0 aliphatic carbocycles. The third-order valence-corrected chi connectivity index (χ3v) is 6.03. The quantitative estimate of drug-likeness (QED) is 0.219. The summed E-state index contributed by atoms with van der Waals surface area (Å²) >= 11 is 0. The summed E-state index contributed by atoms with van der Waals surface area (Å²) in [4.78, 5) is 12.1. The molecule has 2 N–H and O–H groups in total. The number of rotatable bonds is 12. The van der Waals surface area contributed by atoms with Crippen LogP contribution in [0.5, 0.6) is 0 Å². The number of hydrogen-bond acceptors (Lipinski definition) is 4. The predicted octanol–water partition coefficient (Wildman–Crippen LogP) is 4.26. The monoisotopic (exact) mass is 444 g/mol. The Labute approximate surface area is 167 Å². The van der Waals surface area contributed by atoms with Crippen molar-refractivity contribution in [3.63, 3.8) is 0 Å². The van der Waals surface area contributed by atoms with Crippen molar-refractivity contribution < 1.29 is 40.0 Å². The minimum Gasteiger partial charge on any atom is -0.372 e. The minimum absolute atomic E-state index is 0.256. The van der Waals surface area contributed by atoms with Gasteiger partial charge in [-0.25, -0.2) is 26.7 Å². The van der Waals surface area contributed by atoms with Gasteiger partial charge in [0.1, 0.15) is 5.69 Å². The van der Waals surface area contributed by atoms with Crippen molar-refractivity contribution in [2.24, 2.45) is 0 Å². The zero-order valence-corrected chi connectivity index (χ0v) is 17.5. The second kappa shape index (κ2) is 12.1. The fraction of sp³-hybridized carbons (Fsp3) is 0.588. The fourth-order valence-electron chi connectivity index (χ4n) is 2.11. The van der Waals surface area contributed by atoms with E-state index in [1.165, 1.54) is 0 Å². The first-order chi connectivity index (χ1) is 13.7. The van der Waals surface area contributed by atoms with E-state index >= 15 is 0 Å². The molecule has 0 spiro atoms. The zero-order valence-electron chi connectivity index (χ0n) is 16.5. The predicted molar refractivity (Wildman–Crippen MR) is 97.7 cm³/mol. The van der Waals surface area contributed by atoms with Crippen LogP contribution in [0.4, 0.5) is 32.4 Å². The Balaban J connectivity index is 2.95. The largest absolute Gasteiger partial charge is 0.521 e. The number of amides is 2. The van der Waals surface area contributed by atoms with Crippen molar-refractivity contribution >= 4 is 20.5 Å². The summed E-state index contributed by atoms with van der Waals surface area (Å²) in [6.07, 6.45) is 1.69. The molecule has 0 radical (unpaired) electrons. The van der Waals surface area contributed by atoms with Crippen LogP contribution in [-0.2, 0) is 13.3 Å². The van der Waals surface area contributed by atoms with E-state index < -0.39 is 49.6 Å². The first-order valence-corrected chi connectivity index (χ1v) is 11.1. The molecule has 0 heterocycles. The molecular weight excluding hydrogens is 419 g/mol. The van der Waals surface area contributed by atoms with Gasteiger partial charge in [0, 0.05) is 19.8 Å². The summed E-state index contributed by atoms with van der Waals surface area (Å²) < 4.78 is 84.2. The molecule has 0 fully saturated rings. The van der Waals surface area contributed by atoms with Crippen LogP contribution in [0.2, 0.25) is 0 Å². The van der Waals surface area contributed by atoms with Gasteiger partial charge in [0.25, 0.3) is 0 Å². The molecule has 0 saturated carbocycles. The first-order valence-electron chi connectivity index (χ1n) is 9.21. The molecule has 29 heavy (non-hydrogen) atoms. The number of carbonyl (C=O) groups excluding carboxylic acids is 1. The van der Waals surface area contributed by atoms with Crippen LogP contribution < -0.4 is 10.6 Å². The normalized spacial score (nSPS) is 11.6. The maximum absolute atomic E-state index is 13.7. The van der Waals surface area contributed by atoms with E-state index in [4.69, 9.17) is 13.3 Å². The molecule has 1 rings (SSSR count). The summed E-state index contributed by atoms with van der Waals surface area (Å²) in [5.41, 5.74) is -1.45. The van der Waals surface area contributed by atoms with E-state index in [0.29, 0.717) is 39.1 Å². The second-order valence-electron chi connectivity index (χ2n) is 5.98. The number of nitrogens with one attached hydrogen (secondary N) is 2. The molecule has 0 aliphatic rings. The molecule has 1 aromatic carbocycles. The molecule has 0 atom stereocenters. The van der Waals surface area contributed by atoms with E-state index in [-0.39, 0.29) is 6.17 Å². The van der Waals surface area contributed by atoms with Gasteiger partial charge in [-0.1, -0.05) is 20.8 Å². The van der Waals surface area contributed by atoms with Gasteiger partial charge in [-0.15, -0.1) is 0 Å². The number of hydrogen-bond donors (Lipinski definition) is 2. The van der Waals surface area contributed by atoms with Gasteiger partial charge in [-0.05, 0) is 19.3 Å². The van der Waals surface area contributed by atoms with E-state index in [2.05, 4.69) is 5.32 Å². The Morgan fingerprint density at radius 1 is 0.759 bits per heavy atom. The molecule has 2 amide bonds. The number of halogens is 5. The smallest absolute Gasteiger partial charge is 0.372 e. The van der Waals surface area contributed by atoms with E-state index in [0.717, 1.165) is 0 Å². The third-order valence-electron chi connectivity index (χ3n) is 3.49. The SMILES string of the molecule is CCCO[Si](CNC(=O)Nc1c(F)c(F)c(F)c(F)c1F)(OCCC)OCCC. The minimum atomic E-state index is -3.36. The highest BCUT2D eigenvalue weighted by Crippen LogP contribution is 2.27. The van der Waals surface area contributed by atoms with E-state index in [1.807, 2.05) is 20.8 Å². The van der Waals surface area contributed by atoms with Crippen LogP contribution in [0.15, 0.2) is 0 Å². The second-order valence-corrected chi connectivity index (χ2v) is 8.57. The van der Waals surface area contributed by atoms with Gasteiger partial charge in [-0.2, -0.15) is 0 Å².